The number of carbonyl (C=O) groups excluding carboxylic acids is 1. The molecule has 4 atom stereocenters. The third-order valence-corrected chi connectivity index (χ3v) is 4.67. The van der Waals surface area contributed by atoms with Crippen molar-refractivity contribution in [2.75, 3.05) is 27.2 Å². The van der Waals surface area contributed by atoms with E-state index in [9.17, 15) is 9.59 Å². The first-order valence-corrected chi connectivity index (χ1v) is 7.34. The standard InChI is InChI=1S/C14H25N3O3/c1-9-7-17(8-12(9)16(2)3)14(20)15-11-6-4-5-10(11)13(18)19/h9-12H,4-8H2,1-3H3,(H,15,20)(H,18,19). The topological polar surface area (TPSA) is 72.9 Å². The molecule has 2 N–H and O–H groups in total. The van der Waals surface area contributed by atoms with E-state index in [-0.39, 0.29) is 12.1 Å². The molecule has 1 aliphatic heterocycles. The van der Waals surface area contributed by atoms with Crippen LogP contribution in [0.4, 0.5) is 4.79 Å². The molecule has 1 saturated heterocycles. The van der Waals surface area contributed by atoms with E-state index < -0.39 is 11.9 Å². The molecule has 2 rings (SSSR count). The van der Waals surface area contributed by atoms with Gasteiger partial charge in [-0.1, -0.05) is 13.3 Å². The molecule has 0 aromatic carbocycles. The average Bonchev–Trinajstić information content (AvgIpc) is 2.95. The fourth-order valence-corrected chi connectivity index (χ4v) is 3.47. The Morgan fingerprint density at radius 2 is 1.95 bits per heavy atom. The van der Waals surface area contributed by atoms with Crippen molar-refractivity contribution in [1.29, 1.82) is 0 Å². The van der Waals surface area contributed by atoms with Gasteiger partial charge in [0.1, 0.15) is 0 Å². The summed E-state index contributed by atoms with van der Waals surface area (Å²) in [4.78, 5) is 27.4. The zero-order valence-electron chi connectivity index (χ0n) is 12.5. The van der Waals surface area contributed by atoms with Crippen molar-refractivity contribution < 1.29 is 14.7 Å². The lowest BCUT2D eigenvalue weighted by Gasteiger charge is -2.24. The maximum atomic E-state index is 12.3. The van der Waals surface area contributed by atoms with E-state index in [1.54, 1.807) is 0 Å². The SMILES string of the molecule is CC1CN(C(=O)NC2CCCC2C(=O)O)CC1N(C)C. The molecule has 1 saturated carbocycles. The molecular formula is C14H25N3O3. The van der Waals surface area contributed by atoms with E-state index in [0.717, 1.165) is 19.4 Å². The molecule has 0 aromatic heterocycles. The van der Waals surface area contributed by atoms with Gasteiger partial charge in [-0.15, -0.1) is 0 Å². The van der Waals surface area contributed by atoms with Crippen LogP contribution in [0.25, 0.3) is 0 Å². The van der Waals surface area contributed by atoms with Gasteiger partial charge in [0.2, 0.25) is 0 Å². The summed E-state index contributed by atoms with van der Waals surface area (Å²) >= 11 is 0. The molecule has 1 heterocycles. The summed E-state index contributed by atoms with van der Waals surface area (Å²) in [7, 11) is 4.06. The number of aliphatic carboxylic acids is 1. The van der Waals surface area contributed by atoms with E-state index in [1.165, 1.54) is 0 Å². The van der Waals surface area contributed by atoms with Crippen molar-refractivity contribution in [2.45, 2.75) is 38.3 Å². The van der Waals surface area contributed by atoms with Crippen molar-refractivity contribution in [3.63, 3.8) is 0 Å². The lowest BCUT2D eigenvalue weighted by Crippen LogP contribution is -2.47. The van der Waals surface area contributed by atoms with Crippen LogP contribution in [0.2, 0.25) is 0 Å². The highest BCUT2D eigenvalue weighted by atomic mass is 16.4. The Morgan fingerprint density at radius 1 is 1.25 bits per heavy atom. The third kappa shape index (κ3) is 3.06. The Bertz CT molecular complexity index is 386. The summed E-state index contributed by atoms with van der Waals surface area (Å²) in [5.41, 5.74) is 0. The van der Waals surface area contributed by atoms with Crippen LogP contribution in [-0.2, 0) is 4.79 Å². The molecule has 2 fully saturated rings. The first-order chi connectivity index (χ1) is 9.40. The minimum absolute atomic E-state index is 0.112. The first kappa shape index (κ1) is 15.1. The second kappa shape index (κ2) is 5.99. The van der Waals surface area contributed by atoms with Crippen molar-refractivity contribution in [3.8, 4) is 0 Å². The van der Waals surface area contributed by atoms with Gasteiger partial charge in [-0.25, -0.2) is 4.79 Å². The molecule has 0 radical (unpaired) electrons. The highest BCUT2D eigenvalue weighted by Crippen LogP contribution is 2.27. The summed E-state index contributed by atoms with van der Waals surface area (Å²) in [6.07, 6.45) is 2.30. The van der Waals surface area contributed by atoms with Gasteiger partial charge in [0, 0.05) is 25.2 Å². The summed E-state index contributed by atoms with van der Waals surface area (Å²) < 4.78 is 0. The summed E-state index contributed by atoms with van der Waals surface area (Å²) in [6, 6.07) is 0.0488. The quantitative estimate of drug-likeness (QED) is 0.805. The number of likely N-dealkylation sites (tertiary alicyclic amines) is 1. The summed E-state index contributed by atoms with van der Waals surface area (Å²) in [6.45, 7) is 3.59. The van der Waals surface area contributed by atoms with Gasteiger partial charge >= 0.3 is 12.0 Å². The number of hydrogen-bond donors (Lipinski definition) is 2. The number of urea groups is 1. The van der Waals surface area contributed by atoms with Gasteiger partial charge in [0.25, 0.3) is 0 Å². The number of likely N-dealkylation sites (N-methyl/N-ethyl adjacent to an activating group) is 1. The van der Waals surface area contributed by atoms with E-state index in [1.807, 2.05) is 19.0 Å². The maximum Gasteiger partial charge on any atom is 0.317 e. The van der Waals surface area contributed by atoms with Crippen LogP contribution in [0.15, 0.2) is 0 Å². The fourth-order valence-electron chi connectivity index (χ4n) is 3.47. The Kier molecular flexibility index (Phi) is 4.52. The molecule has 6 heteroatoms. The minimum atomic E-state index is -0.797. The molecule has 4 unspecified atom stereocenters. The molecule has 0 aromatic rings. The zero-order valence-corrected chi connectivity index (χ0v) is 12.5. The van der Waals surface area contributed by atoms with Gasteiger partial charge in [-0.05, 0) is 32.9 Å². The number of hydrogen-bond acceptors (Lipinski definition) is 3. The molecule has 2 amide bonds. The van der Waals surface area contributed by atoms with E-state index in [0.29, 0.717) is 24.9 Å². The van der Waals surface area contributed by atoms with Gasteiger partial charge in [-0.3, -0.25) is 4.79 Å². The first-order valence-electron chi connectivity index (χ1n) is 7.34. The van der Waals surface area contributed by atoms with Crippen LogP contribution in [0.1, 0.15) is 26.2 Å². The van der Waals surface area contributed by atoms with Gasteiger partial charge in [-0.2, -0.15) is 0 Å². The van der Waals surface area contributed by atoms with Gasteiger partial charge < -0.3 is 20.2 Å². The average molecular weight is 283 g/mol. The second-order valence-corrected chi connectivity index (χ2v) is 6.34. The van der Waals surface area contributed by atoms with Crippen molar-refractivity contribution in [3.05, 3.63) is 0 Å². The highest BCUT2D eigenvalue weighted by molar-refractivity contribution is 5.77. The summed E-state index contributed by atoms with van der Waals surface area (Å²) in [5.74, 6) is -0.785. The number of carboxylic acids is 1. The molecule has 0 spiro atoms. The van der Waals surface area contributed by atoms with Crippen molar-refractivity contribution >= 4 is 12.0 Å². The van der Waals surface area contributed by atoms with Crippen LogP contribution >= 0.6 is 0 Å². The van der Waals surface area contributed by atoms with Gasteiger partial charge in [0.05, 0.1) is 5.92 Å². The number of amides is 2. The zero-order chi connectivity index (χ0) is 14.9. The molecule has 2 aliphatic rings. The van der Waals surface area contributed by atoms with Crippen molar-refractivity contribution in [1.82, 2.24) is 15.1 Å². The lowest BCUT2D eigenvalue weighted by molar-refractivity contribution is -0.142. The van der Waals surface area contributed by atoms with E-state index >= 15 is 0 Å². The minimum Gasteiger partial charge on any atom is -0.481 e. The second-order valence-electron chi connectivity index (χ2n) is 6.34. The van der Waals surface area contributed by atoms with Crippen LogP contribution in [0.3, 0.4) is 0 Å². The Hall–Kier alpha value is -1.30. The number of carboxylic acid groups (broad SMARTS) is 1. The molecular weight excluding hydrogens is 258 g/mol. The number of rotatable bonds is 3. The van der Waals surface area contributed by atoms with Crippen LogP contribution in [-0.4, -0.2) is 66.2 Å². The van der Waals surface area contributed by atoms with Crippen molar-refractivity contribution in [2.24, 2.45) is 11.8 Å². The van der Waals surface area contributed by atoms with Crippen LogP contribution in [0.5, 0.6) is 0 Å². The molecule has 0 bridgehead atoms. The van der Waals surface area contributed by atoms with E-state index in [4.69, 9.17) is 5.11 Å². The largest absolute Gasteiger partial charge is 0.481 e. The molecule has 114 valence electrons. The van der Waals surface area contributed by atoms with Gasteiger partial charge in [0.15, 0.2) is 0 Å². The lowest BCUT2D eigenvalue weighted by atomic mass is 10.0. The Balaban J connectivity index is 1.91. The molecule has 1 aliphatic carbocycles. The number of carbonyl (C=O) groups is 2. The molecule has 6 nitrogen and oxygen atoms in total. The third-order valence-electron chi connectivity index (χ3n) is 4.67. The summed E-state index contributed by atoms with van der Waals surface area (Å²) in [5, 5.41) is 12.1. The predicted molar refractivity (Wildman–Crippen MR) is 75.5 cm³/mol. The maximum absolute atomic E-state index is 12.3. The van der Waals surface area contributed by atoms with Crippen LogP contribution < -0.4 is 5.32 Å². The van der Waals surface area contributed by atoms with Crippen LogP contribution in [0, 0.1) is 11.8 Å². The monoisotopic (exact) mass is 283 g/mol. The van der Waals surface area contributed by atoms with E-state index in [2.05, 4.69) is 17.1 Å². The Morgan fingerprint density at radius 3 is 2.50 bits per heavy atom. The normalized spacial score (nSPS) is 33.7. The highest BCUT2D eigenvalue weighted by Gasteiger charge is 2.38. The number of nitrogens with zero attached hydrogens (tertiary/aromatic N) is 2. The molecule has 20 heavy (non-hydrogen) atoms. The smallest absolute Gasteiger partial charge is 0.317 e. The number of nitrogens with one attached hydrogen (secondary N) is 1. The predicted octanol–water partition coefficient (Wildman–Crippen LogP) is 0.831. The fraction of sp³-hybridized carbons (Fsp3) is 0.857. The Labute approximate surface area is 120 Å².